The first-order chi connectivity index (χ1) is 12.2. The standard InChI is InChI=1S/C19H30N4O2/c1-24-17-10-16(11-18(12-17)25-2)23-9-6-15(14-23)13-21-19(20)22-7-4-3-5-8-22/h10-12,15H,3-9,13-14H2,1-2H3,(H2,20,21). The van der Waals surface area contributed by atoms with Gasteiger partial charge in [0.15, 0.2) is 5.96 Å². The molecule has 0 amide bonds. The van der Waals surface area contributed by atoms with E-state index in [2.05, 4.69) is 26.9 Å². The summed E-state index contributed by atoms with van der Waals surface area (Å²) in [6.07, 6.45) is 4.90. The fourth-order valence-electron chi connectivity index (χ4n) is 3.64. The predicted octanol–water partition coefficient (Wildman–Crippen LogP) is 2.33. The van der Waals surface area contributed by atoms with Crippen molar-refractivity contribution in [2.75, 3.05) is 51.8 Å². The largest absolute Gasteiger partial charge is 0.497 e. The molecule has 6 heteroatoms. The van der Waals surface area contributed by atoms with E-state index >= 15 is 0 Å². The highest BCUT2D eigenvalue weighted by Gasteiger charge is 2.24. The number of methoxy groups -OCH3 is 2. The van der Waals surface area contributed by atoms with Gasteiger partial charge in [-0.2, -0.15) is 0 Å². The van der Waals surface area contributed by atoms with Gasteiger partial charge >= 0.3 is 0 Å². The van der Waals surface area contributed by atoms with Gasteiger partial charge in [0.1, 0.15) is 11.5 Å². The Hall–Kier alpha value is -2.11. The molecule has 1 atom stereocenters. The van der Waals surface area contributed by atoms with Crippen molar-refractivity contribution in [2.24, 2.45) is 16.6 Å². The SMILES string of the molecule is COc1cc(OC)cc(N2CCC(CN=C(N)N3CCCCC3)C2)c1. The first-order valence-electron chi connectivity index (χ1n) is 9.22. The van der Waals surface area contributed by atoms with Gasteiger partial charge in [-0.05, 0) is 31.6 Å². The van der Waals surface area contributed by atoms with Crippen LogP contribution in [-0.4, -0.2) is 57.8 Å². The third-order valence-corrected chi connectivity index (χ3v) is 5.18. The molecule has 6 nitrogen and oxygen atoms in total. The molecule has 1 unspecified atom stereocenters. The van der Waals surface area contributed by atoms with Crippen molar-refractivity contribution >= 4 is 11.6 Å². The van der Waals surface area contributed by atoms with Gasteiger partial charge in [-0.3, -0.25) is 4.99 Å². The van der Waals surface area contributed by atoms with Crippen LogP contribution in [0.5, 0.6) is 11.5 Å². The summed E-state index contributed by atoms with van der Waals surface area (Å²) in [5, 5.41) is 0. The summed E-state index contributed by atoms with van der Waals surface area (Å²) in [5.74, 6) is 2.91. The monoisotopic (exact) mass is 346 g/mol. The lowest BCUT2D eigenvalue weighted by molar-refractivity contribution is 0.337. The van der Waals surface area contributed by atoms with Gasteiger partial charge in [-0.25, -0.2) is 0 Å². The average molecular weight is 346 g/mol. The van der Waals surface area contributed by atoms with Crippen LogP contribution in [0.15, 0.2) is 23.2 Å². The lowest BCUT2D eigenvalue weighted by atomic mass is 10.1. The number of aliphatic imine (C=N–C) groups is 1. The van der Waals surface area contributed by atoms with Gasteiger partial charge in [-0.1, -0.05) is 0 Å². The van der Waals surface area contributed by atoms with Crippen LogP contribution in [0.1, 0.15) is 25.7 Å². The number of piperidine rings is 1. The highest BCUT2D eigenvalue weighted by molar-refractivity contribution is 5.78. The van der Waals surface area contributed by atoms with E-state index in [1.807, 2.05) is 6.07 Å². The van der Waals surface area contributed by atoms with Crippen LogP contribution in [0.4, 0.5) is 5.69 Å². The molecule has 2 heterocycles. The van der Waals surface area contributed by atoms with Gasteiger partial charge < -0.3 is 25.0 Å². The second-order valence-electron chi connectivity index (χ2n) is 6.92. The molecular formula is C19H30N4O2. The second-order valence-corrected chi connectivity index (χ2v) is 6.92. The third-order valence-electron chi connectivity index (χ3n) is 5.18. The van der Waals surface area contributed by atoms with Crippen LogP contribution < -0.4 is 20.1 Å². The van der Waals surface area contributed by atoms with E-state index in [0.717, 1.165) is 62.3 Å². The molecule has 25 heavy (non-hydrogen) atoms. The van der Waals surface area contributed by atoms with Gasteiger partial charge in [0, 0.05) is 56.6 Å². The van der Waals surface area contributed by atoms with Crippen molar-refractivity contribution in [1.29, 1.82) is 0 Å². The number of nitrogens with zero attached hydrogens (tertiary/aromatic N) is 3. The Kier molecular flexibility index (Phi) is 5.89. The van der Waals surface area contributed by atoms with Crippen molar-refractivity contribution in [3.05, 3.63) is 18.2 Å². The normalized spacial score (nSPS) is 21.5. The molecule has 0 aliphatic carbocycles. The molecule has 2 aliphatic rings. The summed E-state index contributed by atoms with van der Waals surface area (Å²) >= 11 is 0. The number of hydrogen-bond acceptors (Lipinski definition) is 4. The van der Waals surface area contributed by atoms with E-state index in [1.165, 1.54) is 19.3 Å². The molecule has 2 saturated heterocycles. The highest BCUT2D eigenvalue weighted by Crippen LogP contribution is 2.31. The Morgan fingerprint density at radius 2 is 1.76 bits per heavy atom. The van der Waals surface area contributed by atoms with Crippen molar-refractivity contribution in [2.45, 2.75) is 25.7 Å². The molecule has 0 spiro atoms. The zero-order chi connectivity index (χ0) is 17.6. The molecule has 2 fully saturated rings. The van der Waals surface area contributed by atoms with Crippen molar-refractivity contribution < 1.29 is 9.47 Å². The zero-order valence-corrected chi connectivity index (χ0v) is 15.4. The van der Waals surface area contributed by atoms with Crippen LogP contribution in [0.2, 0.25) is 0 Å². The number of benzene rings is 1. The lowest BCUT2D eigenvalue weighted by Crippen LogP contribution is -2.41. The summed E-state index contributed by atoms with van der Waals surface area (Å²) in [4.78, 5) is 9.27. The fourth-order valence-corrected chi connectivity index (χ4v) is 3.64. The van der Waals surface area contributed by atoms with E-state index in [0.29, 0.717) is 5.92 Å². The lowest BCUT2D eigenvalue weighted by Gasteiger charge is -2.27. The number of nitrogens with two attached hydrogens (primary N) is 1. The first kappa shape index (κ1) is 17.7. The molecule has 2 aliphatic heterocycles. The second kappa shape index (κ2) is 8.32. The van der Waals surface area contributed by atoms with E-state index in [4.69, 9.17) is 15.2 Å². The van der Waals surface area contributed by atoms with E-state index in [9.17, 15) is 0 Å². The number of rotatable bonds is 5. The number of ether oxygens (including phenoxy) is 2. The Balaban J connectivity index is 1.58. The molecule has 0 saturated carbocycles. The van der Waals surface area contributed by atoms with Crippen LogP contribution in [0, 0.1) is 5.92 Å². The smallest absolute Gasteiger partial charge is 0.191 e. The predicted molar refractivity (Wildman–Crippen MR) is 102 cm³/mol. The molecule has 0 bridgehead atoms. The number of likely N-dealkylation sites (tertiary alicyclic amines) is 1. The van der Waals surface area contributed by atoms with Crippen LogP contribution in [0.25, 0.3) is 0 Å². The Morgan fingerprint density at radius 1 is 1.08 bits per heavy atom. The minimum Gasteiger partial charge on any atom is -0.497 e. The molecule has 0 aromatic heterocycles. The quantitative estimate of drug-likeness (QED) is 0.655. The summed E-state index contributed by atoms with van der Waals surface area (Å²) in [7, 11) is 3.37. The number of hydrogen-bond donors (Lipinski definition) is 1. The van der Waals surface area contributed by atoms with Gasteiger partial charge in [-0.15, -0.1) is 0 Å². The van der Waals surface area contributed by atoms with E-state index in [-0.39, 0.29) is 0 Å². The van der Waals surface area contributed by atoms with Crippen LogP contribution in [0.3, 0.4) is 0 Å². The third kappa shape index (κ3) is 4.50. The van der Waals surface area contributed by atoms with Crippen molar-refractivity contribution in [3.8, 4) is 11.5 Å². The maximum Gasteiger partial charge on any atom is 0.191 e. The molecule has 3 rings (SSSR count). The number of anilines is 1. The summed E-state index contributed by atoms with van der Waals surface area (Å²) in [6, 6.07) is 6.03. The summed E-state index contributed by atoms with van der Waals surface area (Å²) < 4.78 is 10.8. The minimum atomic E-state index is 0.542. The minimum absolute atomic E-state index is 0.542. The van der Waals surface area contributed by atoms with Crippen molar-refractivity contribution in [3.63, 3.8) is 0 Å². The molecule has 1 aromatic carbocycles. The topological polar surface area (TPSA) is 63.3 Å². The van der Waals surface area contributed by atoms with E-state index in [1.54, 1.807) is 14.2 Å². The van der Waals surface area contributed by atoms with Crippen LogP contribution >= 0.6 is 0 Å². The number of guanidine groups is 1. The highest BCUT2D eigenvalue weighted by atomic mass is 16.5. The van der Waals surface area contributed by atoms with Gasteiger partial charge in [0.05, 0.1) is 14.2 Å². The Bertz CT molecular complexity index is 577. The Morgan fingerprint density at radius 3 is 2.40 bits per heavy atom. The molecule has 1 aromatic rings. The molecule has 0 radical (unpaired) electrons. The van der Waals surface area contributed by atoms with Crippen molar-refractivity contribution in [1.82, 2.24) is 4.90 Å². The molecule has 2 N–H and O–H groups in total. The first-order valence-corrected chi connectivity index (χ1v) is 9.22. The van der Waals surface area contributed by atoms with Crippen LogP contribution in [-0.2, 0) is 0 Å². The fraction of sp³-hybridized carbons (Fsp3) is 0.632. The molecular weight excluding hydrogens is 316 g/mol. The van der Waals surface area contributed by atoms with Gasteiger partial charge in [0.2, 0.25) is 0 Å². The maximum absolute atomic E-state index is 6.18. The zero-order valence-electron chi connectivity index (χ0n) is 15.4. The summed E-state index contributed by atoms with van der Waals surface area (Å²) in [6.45, 7) is 4.93. The van der Waals surface area contributed by atoms with E-state index < -0.39 is 0 Å². The average Bonchev–Trinajstić information content (AvgIpc) is 3.15. The molecule has 138 valence electrons. The van der Waals surface area contributed by atoms with Gasteiger partial charge in [0.25, 0.3) is 0 Å². The maximum atomic E-state index is 6.18. The summed E-state index contributed by atoms with van der Waals surface area (Å²) in [5.41, 5.74) is 7.32. The Labute approximate surface area is 150 Å².